The van der Waals surface area contributed by atoms with Crippen LogP contribution in [0.15, 0.2) is 23.1 Å². The summed E-state index contributed by atoms with van der Waals surface area (Å²) in [5.74, 6) is 1.33. The van der Waals surface area contributed by atoms with Crippen molar-refractivity contribution < 1.29 is 8.42 Å². The lowest BCUT2D eigenvalue weighted by Gasteiger charge is -2.09. The molecule has 1 aromatic carbocycles. The molecule has 0 amide bonds. The fraction of sp³-hybridized carbons (Fsp3) is 0.400. The largest absolute Gasteiger partial charge is 0.241 e. The Morgan fingerprint density at radius 3 is 2.83 bits per heavy atom. The van der Waals surface area contributed by atoms with Crippen LogP contribution >= 0.6 is 11.3 Å². The molecule has 0 spiro atoms. The highest BCUT2D eigenvalue weighted by Crippen LogP contribution is 2.39. The smallest absolute Gasteiger partial charge is 0.207 e. The number of nitrogens with zero attached hydrogens (tertiary/aromatic N) is 4. The molecule has 1 N–H and O–H groups in total. The first kappa shape index (κ1) is 15.7. The van der Waals surface area contributed by atoms with Gasteiger partial charge in [0.2, 0.25) is 15.0 Å². The number of fused-ring (bicyclic) bond motifs is 1. The Hall–Kier alpha value is -1.84. The van der Waals surface area contributed by atoms with Crippen LogP contribution in [0.2, 0.25) is 0 Å². The van der Waals surface area contributed by atoms with Crippen LogP contribution in [0.1, 0.15) is 40.7 Å². The molecule has 0 unspecified atom stereocenters. The van der Waals surface area contributed by atoms with Gasteiger partial charge in [0.15, 0.2) is 5.82 Å². The first-order valence-electron chi connectivity index (χ1n) is 7.72. The minimum atomic E-state index is -3.57. The quantitative estimate of drug-likeness (QED) is 0.750. The summed E-state index contributed by atoms with van der Waals surface area (Å²) >= 11 is 1.36. The van der Waals surface area contributed by atoms with E-state index in [-0.39, 0.29) is 6.54 Å². The van der Waals surface area contributed by atoms with Crippen molar-refractivity contribution in [3.8, 4) is 0 Å². The number of sulfonamides is 1. The Morgan fingerprint density at radius 1 is 1.29 bits per heavy atom. The molecule has 1 aliphatic carbocycles. The molecule has 2 aromatic heterocycles. The third kappa shape index (κ3) is 2.83. The van der Waals surface area contributed by atoms with Crippen molar-refractivity contribution >= 4 is 26.3 Å². The highest BCUT2D eigenvalue weighted by atomic mass is 32.2. The molecule has 3 aromatic rings. The first-order chi connectivity index (χ1) is 11.4. The van der Waals surface area contributed by atoms with Gasteiger partial charge >= 0.3 is 0 Å². The number of aryl methyl sites for hydroxylation is 2. The van der Waals surface area contributed by atoms with Gasteiger partial charge in [-0.05, 0) is 43.9 Å². The molecule has 0 bridgehead atoms. The Balaban J connectivity index is 1.56. The van der Waals surface area contributed by atoms with Crippen molar-refractivity contribution in [2.45, 2.75) is 44.0 Å². The summed E-state index contributed by atoms with van der Waals surface area (Å²) in [5, 5.41) is 13.4. The molecular formula is C15H17N5O2S2. The lowest BCUT2D eigenvalue weighted by atomic mass is 10.2. The van der Waals surface area contributed by atoms with Crippen LogP contribution in [0.25, 0.3) is 4.96 Å². The predicted molar refractivity (Wildman–Crippen MR) is 90.6 cm³/mol. The highest BCUT2D eigenvalue weighted by Gasteiger charge is 2.30. The third-order valence-electron chi connectivity index (χ3n) is 4.05. The van der Waals surface area contributed by atoms with Crippen LogP contribution in [-0.2, 0) is 16.6 Å². The zero-order chi connectivity index (χ0) is 16.9. The van der Waals surface area contributed by atoms with Gasteiger partial charge in [-0.1, -0.05) is 23.5 Å². The standard InChI is InChI=1S/C15H17N5O2S2/c1-9-3-4-10(2)12(7-9)24(21,22)16-8-13-19-20-14(11-5-6-11)17-18-15(20)23-13/h3-4,7,11,16H,5-6,8H2,1-2H3. The Kier molecular flexibility index (Phi) is 3.66. The van der Waals surface area contributed by atoms with Crippen LogP contribution in [0, 0.1) is 13.8 Å². The minimum Gasteiger partial charge on any atom is -0.207 e. The molecule has 4 rings (SSSR count). The van der Waals surface area contributed by atoms with E-state index in [1.807, 2.05) is 19.1 Å². The number of rotatable bonds is 5. The second-order valence-corrected chi connectivity index (χ2v) is 8.89. The number of benzene rings is 1. The van der Waals surface area contributed by atoms with Crippen LogP contribution < -0.4 is 4.72 Å². The number of aromatic nitrogens is 4. The Bertz CT molecular complexity index is 1020. The van der Waals surface area contributed by atoms with Crippen LogP contribution in [-0.4, -0.2) is 28.2 Å². The van der Waals surface area contributed by atoms with Gasteiger partial charge in [0.1, 0.15) is 5.01 Å². The van der Waals surface area contributed by atoms with Crippen molar-refractivity contribution in [1.82, 2.24) is 24.5 Å². The average molecular weight is 363 g/mol. The van der Waals surface area contributed by atoms with Crippen LogP contribution in [0.5, 0.6) is 0 Å². The summed E-state index contributed by atoms with van der Waals surface area (Å²) < 4.78 is 29.5. The molecule has 0 radical (unpaired) electrons. The molecule has 1 saturated carbocycles. The lowest BCUT2D eigenvalue weighted by molar-refractivity contribution is 0.580. The molecule has 1 aliphatic rings. The van der Waals surface area contributed by atoms with Crippen LogP contribution in [0.4, 0.5) is 0 Å². The summed E-state index contributed by atoms with van der Waals surface area (Å²) in [6.07, 6.45) is 2.24. The molecule has 126 valence electrons. The van der Waals surface area contributed by atoms with E-state index in [1.165, 1.54) is 11.3 Å². The second kappa shape index (κ2) is 5.61. The molecule has 24 heavy (non-hydrogen) atoms. The van der Waals surface area contributed by atoms with E-state index in [4.69, 9.17) is 0 Å². The van der Waals surface area contributed by atoms with E-state index in [0.717, 1.165) is 29.8 Å². The molecule has 9 heteroatoms. The fourth-order valence-electron chi connectivity index (χ4n) is 2.57. The maximum absolute atomic E-state index is 12.5. The van der Waals surface area contributed by atoms with Gasteiger partial charge in [0.25, 0.3) is 0 Å². The molecule has 0 aliphatic heterocycles. The number of hydrogen-bond donors (Lipinski definition) is 1. The maximum atomic E-state index is 12.5. The molecule has 0 atom stereocenters. The Morgan fingerprint density at radius 2 is 2.08 bits per heavy atom. The predicted octanol–water partition coefficient (Wildman–Crippen LogP) is 2.16. The summed E-state index contributed by atoms with van der Waals surface area (Å²) in [4.78, 5) is 1.02. The van der Waals surface area contributed by atoms with E-state index >= 15 is 0 Å². The zero-order valence-corrected chi connectivity index (χ0v) is 15.0. The van der Waals surface area contributed by atoms with Gasteiger partial charge in [-0.2, -0.15) is 9.61 Å². The van der Waals surface area contributed by atoms with Crippen molar-refractivity contribution in [3.05, 3.63) is 40.2 Å². The van der Waals surface area contributed by atoms with Crippen molar-refractivity contribution in [3.63, 3.8) is 0 Å². The third-order valence-corrected chi connectivity index (χ3v) is 6.49. The molecule has 7 nitrogen and oxygen atoms in total. The maximum Gasteiger partial charge on any atom is 0.241 e. The molecular weight excluding hydrogens is 346 g/mol. The van der Waals surface area contributed by atoms with E-state index in [9.17, 15) is 8.42 Å². The summed E-state index contributed by atoms with van der Waals surface area (Å²) in [5.41, 5.74) is 1.64. The molecule has 1 fully saturated rings. The van der Waals surface area contributed by atoms with Gasteiger partial charge in [-0.25, -0.2) is 13.1 Å². The van der Waals surface area contributed by atoms with Gasteiger partial charge in [-0.15, -0.1) is 10.2 Å². The average Bonchev–Trinajstić information content (AvgIpc) is 3.17. The van der Waals surface area contributed by atoms with E-state index in [1.54, 1.807) is 17.5 Å². The zero-order valence-electron chi connectivity index (χ0n) is 13.4. The van der Waals surface area contributed by atoms with Crippen molar-refractivity contribution in [1.29, 1.82) is 0 Å². The van der Waals surface area contributed by atoms with E-state index in [0.29, 0.717) is 20.8 Å². The lowest BCUT2D eigenvalue weighted by Crippen LogP contribution is -2.24. The molecule has 0 saturated heterocycles. The van der Waals surface area contributed by atoms with E-state index in [2.05, 4.69) is 20.0 Å². The first-order valence-corrected chi connectivity index (χ1v) is 10.0. The van der Waals surface area contributed by atoms with Crippen molar-refractivity contribution in [2.24, 2.45) is 0 Å². The van der Waals surface area contributed by atoms with E-state index < -0.39 is 10.0 Å². The van der Waals surface area contributed by atoms with Gasteiger partial charge < -0.3 is 0 Å². The minimum absolute atomic E-state index is 0.147. The fourth-order valence-corrected chi connectivity index (χ4v) is 4.76. The normalized spacial score (nSPS) is 15.2. The topological polar surface area (TPSA) is 89.2 Å². The van der Waals surface area contributed by atoms with Gasteiger partial charge in [-0.3, -0.25) is 0 Å². The second-order valence-electron chi connectivity index (χ2n) is 6.12. The Labute approximate surface area is 143 Å². The SMILES string of the molecule is Cc1ccc(C)c(S(=O)(=O)NCc2nn3c(C4CC4)nnc3s2)c1. The summed E-state index contributed by atoms with van der Waals surface area (Å²) in [7, 11) is -3.57. The van der Waals surface area contributed by atoms with Gasteiger partial charge in [0.05, 0.1) is 11.4 Å². The summed E-state index contributed by atoms with van der Waals surface area (Å²) in [6.45, 7) is 3.81. The monoisotopic (exact) mass is 363 g/mol. The van der Waals surface area contributed by atoms with Crippen LogP contribution in [0.3, 0.4) is 0 Å². The molecule has 2 heterocycles. The summed E-state index contributed by atoms with van der Waals surface area (Å²) in [6, 6.07) is 5.40. The van der Waals surface area contributed by atoms with Crippen molar-refractivity contribution in [2.75, 3.05) is 0 Å². The number of hydrogen-bond acceptors (Lipinski definition) is 6. The number of nitrogens with one attached hydrogen (secondary N) is 1. The highest BCUT2D eigenvalue weighted by molar-refractivity contribution is 7.89. The van der Waals surface area contributed by atoms with Gasteiger partial charge in [0, 0.05) is 5.92 Å².